The van der Waals surface area contributed by atoms with E-state index in [-0.39, 0.29) is 11.8 Å². The monoisotopic (exact) mass is 368 g/mol. The van der Waals surface area contributed by atoms with Gasteiger partial charge in [0.2, 0.25) is 0 Å². The smallest absolute Gasteiger partial charge is 0.319 e. The maximum absolute atomic E-state index is 13.1. The van der Waals surface area contributed by atoms with Crippen molar-refractivity contribution < 1.29 is 9.59 Å². The van der Waals surface area contributed by atoms with E-state index in [1.165, 1.54) is 5.56 Å². The average Bonchev–Trinajstić information content (AvgIpc) is 2.61. The van der Waals surface area contributed by atoms with Gasteiger partial charge in [-0.05, 0) is 41.3 Å². The summed E-state index contributed by atoms with van der Waals surface area (Å²) in [6, 6.07) is 13.9. The van der Waals surface area contributed by atoms with Gasteiger partial charge in [0.15, 0.2) is 5.78 Å². The van der Waals surface area contributed by atoms with Crippen LogP contribution in [0.25, 0.3) is 0 Å². The highest BCUT2D eigenvalue weighted by molar-refractivity contribution is 6.30. The summed E-state index contributed by atoms with van der Waals surface area (Å²) < 4.78 is 0. The predicted octanol–water partition coefficient (Wildman–Crippen LogP) is 4.83. The second-order valence-corrected chi connectivity index (χ2v) is 7.21. The Morgan fingerprint density at radius 1 is 1.08 bits per heavy atom. The first-order valence-electron chi connectivity index (χ1n) is 8.52. The van der Waals surface area contributed by atoms with E-state index in [0.717, 1.165) is 5.56 Å². The topological polar surface area (TPSA) is 58.2 Å². The Morgan fingerprint density at radius 2 is 1.69 bits per heavy atom. The molecule has 0 radical (unpaired) electrons. The molecule has 26 heavy (non-hydrogen) atoms. The molecule has 1 aliphatic heterocycles. The quantitative estimate of drug-likeness (QED) is 0.759. The molecule has 5 heteroatoms. The Kier molecular flexibility index (Phi) is 5.14. The van der Waals surface area contributed by atoms with Crippen molar-refractivity contribution in [3.05, 3.63) is 82.5 Å². The van der Waals surface area contributed by atoms with Gasteiger partial charge in [0.25, 0.3) is 0 Å². The molecule has 4 nitrogen and oxygen atoms in total. The van der Waals surface area contributed by atoms with E-state index in [1.54, 1.807) is 24.3 Å². The van der Waals surface area contributed by atoms with E-state index in [0.29, 0.717) is 22.2 Å². The first-order chi connectivity index (χ1) is 12.4. The van der Waals surface area contributed by atoms with Crippen molar-refractivity contribution in [2.75, 3.05) is 0 Å². The molecule has 0 unspecified atom stereocenters. The fraction of sp³-hybridized carbons (Fsp3) is 0.238. The molecule has 0 aliphatic carbocycles. The number of carbonyl (C=O) groups excluding carboxylic acids is 2. The largest absolute Gasteiger partial charge is 0.330 e. The minimum Gasteiger partial charge on any atom is -0.330 e. The Morgan fingerprint density at radius 3 is 2.27 bits per heavy atom. The zero-order valence-electron chi connectivity index (χ0n) is 14.8. The summed E-state index contributed by atoms with van der Waals surface area (Å²) in [4.78, 5) is 25.1. The number of hydrogen-bond acceptors (Lipinski definition) is 2. The van der Waals surface area contributed by atoms with Crippen LogP contribution in [0.1, 0.15) is 47.3 Å². The summed E-state index contributed by atoms with van der Waals surface area (Å²) in [6.45, 7) is 8.15. The number of hydrogen-bond donors (Lipinski definition) is 2. The summed E-state index contributed by atoms with van der Waals surface area (Å²) >= 11 is 5.92. The molecule has 0 spiro atoms. The summed E-state index contributed by atoms with van der Waals surface area (Å²) in [5.41, 5.74) is 3.00. The average molecular weight is 369 g/mol. The molecule has 1 aliphatic rings. The molecule has 1 fully saturated rings. The molecular formula is C21H21ClN2O2. The highest BCUT2D eigenvalue weighted by Crippen LogP contribution is 2.33. The highest BCUT2D eigenvalue weighted by Gasteiger charge is 2.38. The molecule has 3 rings (SSSR count). The van der Waals surface area contributed by atoms with Crippen molar-refractivity contribution in [2.45, 2.75) is 25.8 Å². The molecule has 0 bridgehead atoms. The zero-order chi connectivity index (χ0) is 18.8. The lowest BCUT2D eigenvalue weighted by Gasteiger charge is -2.34. The van der Waals surface area contributed by atoms with Crippen LogP contribution < -0.4 is 10.6 Å². The molecule has 2 N–H and O–H groups in total. The fourth-order valence-corrected chi connectivity index (χ4v) is 3.28. The third-order valence-electron chi connectivity index (χ3n) is 4.64. The number of amides is 2. The lowest BCUT2D eigenvalue weighted by Crippen LogP contribution is -2.50. The fourth-order valence-electron chi connectivity index (χ4n) is 3.15. The number of Topliss-reactive ketones (excluding diaryl/α,β-unsaturated/α-hetero) is 1. The van der Waals surface area contributed by atoms with E-state index < -0.39 is 12.0 Å². The van der Waals surface area contributed by atoms with Crippen molar-refractivity contribution in [1.82, 2.24) is 10.6 Å². The summed E-state index contributed by atoms with van der Waals surface area (Å²) in [5.74, 6) is -0.302. The van der Waals surface area contributed by atoms with Gasteiger partial charge in [-0.3, -0.25) is 4.79 Å². The molecule has 0 aromatic heterocycles. The molecular weight excluding hydrogens is 348 g/mol. The number of rotatable bonds is 4. The Labute approximate surface area is 158 Å². The molecule has 2 aromatic carbocycles. The van der Waals surface area contributed by atoms with E-state index in [4.69, 9.17) is 11.6 Å². The van der Waals surface area contributed by atoms with Gasteiger partial charge < -0.3 is 10.6 Å². The van der Waals surface area contributed by atoms with E-state index in [9.17, 15) is 9.59 Å². The van der Waals surface area contributed by atoms with Gasteiger partial charge >= 0.3 is 6.03 Å². The van der Waals surface area contributed by atoms with Crippen LogP contribution >= 0.6 is 11.6 Å². The number of urea groups is 1. The van der Waals surface area contributed by atoms with Gasteiger partial charge in [-0.2, -0.15) is 0 Å². The van der Waals surface area contributed by atoms with Gasteiger partial charge in [-0.1, -0.05) is 56.3 Å². The zero-order valence-corrected chi connectivity index (χ0v) is 15.5. The second-order valence-electron chi connectivity index (χ2n) is 6.77. The van der Waals surface area contributed by atoms with Gasteiger partial charge in [-0.15, -0.1) is 0 Å². The van der Waals surface area contributed by atoms with Crippen molar-refractivity contribution in [3.63, 3.8) is 0 Å². The van der Waals surface area contributed by atoms with Crippen LogP contribution in [0.2, 0.25) is 5.02 Å². The molecule has 2 atom stereocenters. The minimum absolute atomic E-state index is 0.114. The van der Waals surface area contributed by atoms with Gasteiger partial charge in [-0.25, -0.2) is 4.79 Å². The Balaban J connectivity index is 1.96. The third-order valence-corrected chi connectivity index (χ3v) is 4.89. The number of ketones is 1. The molecule has 0 saturated carbocycles. The van der Waals surface area contributed by atoms with Crippen LogP contribution in [-0.4, -0.2) is 11.8 Å². The number of benzene rings is 2. The maximum Gasteiger partial charge on any atom is 0.319 e. The van der Waals surface area contributed by atoms with Gasteiger partial charge in [0, 0.05) is 16.3 Å². The van der Waals surface area contributed by atoms with Crippen LogP contribution in [0.15, 0.2) is 60.8 Å². The highest BCUT2D eigenvalue weighted by atomic mass is 35.5. The van der Waals surface area contributed by atoms with Crippen LogP contribution in [0.3, 0.4) is 0 Å². The van der Waals surface area contributed by atoms with Crippen molar-refractivity contribution in [2.24, 2.45) is 5.92 Å². The van der Waals surface area contributed by atoms with Crippen molar-refractivity contribution in [3.8, 4) is 0 Å². The molecule has 1 heterocycles. The SMILES string of the molecule is C=C1NC(=O)N[C@H](c2ccc(C(C)C)cc2)[C@H]1C(=O)c1ccc(Cl)cc1. The van der Waals surface area contributed by atoms with Crippen LogP contribution in [0.5, 0.6) is 0 Å². The number of carbonyl (C=O) groups is 2. The number of nitrogens with one attached hydrogen (secondary N) is 2. The maximum atomic E-state index is 13.1. The molecule has 2 aromatic rings. The van der Waals surface area contributed by atoms with Gasteiger partial charge in [0.1, 0.15) is 0 Å². The van der Waals surface area contributed by atoms with Crippen LogP contribution in [0.4, 0.5) is 4.79 Å². The first kappa shape index (κ1) is 18.2. The Bertz CT molecular complexity index is 841. The van der Waals surface area contributed by atoms with Crippen molar-refractivity contribution >= 4 is 23.4 Å². The Hall–Kier alpha value is -2.59. The predicted molar refractivity (Wildman–Crippen MR) is 103 cm³/mol. The van der Waals surface area contributed by atoms with Crippen LogP contribution in [-0.2, 0) is 0 Å². The van der Waals surface area contributed by atoms with Crippen LogP contribution in [0, 0.1) is 5.92 Å². The first-order valence-corrected chi connectivity index (χ1v) is 8.90. The lowest BCUT2D eigenvalue weighted by atomic mass is 9.83. The summed E-state index contributed by atoms with van der Waals surface area (Å²) in [6.07, 6.45) is 0. The minimum atomic E-state index is -0.598. The lowest BCUT2D eigenvalue weighted by molar-refractivity contribution is 0.0905. The van der Waals surface area contributed by atoms with Crippen molar-refractivity contribution in [1.29, 1.82) is 0 Å². The van der Waals surface area contributed by atoms with Gasteiger partial charge in [0.05, 0.1) is 12.0 Å². The summed E-state index contributed by atoms with van der Waals surface area (Å²) in [5, 5.41) is 6.06. The van der Waals surface area contributed by atoms with E-state index >= 15 is 0 Å². The third kappa shape index (κ3) is 3.65. The normalized spacial score (nSPS) is 19.8. The summed E-state index contributed by atoms with van der Waals surface area (Å²) in [7, 11) is 0. The molecule has 134 valence electrons. The second kappa shape index (κ2) is 7.34. The molecule has 1 saturated heterocycles. The standard InChI is InChI=1S/C21H21ClN2O2/c1-12(2)14-4-6-15(7-5-14)19-18(13(3)23-21(26)24-19)20(25)16-8-10-17(22)11-9-16/h4-12,18-19H,3H2,1-2H3,(H2,23,24,26)/t18-,19+/m0/s1. The molecule has 2 amide bonds. The number of halogens is 1. The van der Waals surface area contributed by atoms with E-state index in [2.05, 4.69) is 31.1 Å². The van der Waals surface area contributed by atoms with E-state index in [1.807, 2.05) is 24.3 Å².